The number of Topliss-reactive ketones (excluding diaryl/α,β-unsaturated/α-hetero) is 1. The molecule has 100 valence electrons. The molecule has 0 aliphatic rings. The Morgan fingerprint density at radius 1 is 1.05 bits per heavy atom. The van der Waals surface area contributed by atoms with Gasteiger partial charge in [-0.05, 0) is 37.1 Å². The van der Waals surface area contributed by atoms with E-state index in [1.165, 1.54) is 0 Å². The van der Waals surface area contributed by atoms with Gasteiger partial charge in [0.15, 0.2) is 11.6 Å². The van der Waals surface area contributed by atoms with Gasteiger partial charge in [0, 0.05) is 17.5 Å². The maximum atomic E-state index is 11.7. The van der Waals surface area contributed by atoms with Crippen LogP contribution in [-0.2, 0) is 0 Å². The van der Waals surface area contributed by atoms with Crippen LogP contribution in [0.4, 0.5) is 5.82 Å². The summed E-state index contributed by atoms with van der Waals surface area (Å²) >= 11 is 0. The van der Waals surface area contributed by atoms with E-state index < -0.39 is 0 Å². The minimum Gasteiger partial charge on any atom is -0.294 e. The van der Waals surface area contributed by atoms with Crippen molar-refractivity contribution in [2.45, 2.75) is 13.8 Å². The van der Waals surface area contributed by atoms with Crippen molar-refractivity contribution in [2.75, 3.05) is 0 Å². The minimum atomic E-state index is 0.0207. The van der Waals surface area contributed by atoms with E-state index in [2.05, 4.69) is 16.6 Å². The highest BCUT2D eigenvalue weighted by Gasteiger charge is 2.11. The normalized spacial score (nSPS) is 11.2. The monoisotopic (exact) mass is 264 g/mol. The average molecular weight is 264 g/mol. The molecule has 0 unspecified atom stereocenters. The predicted molar refractivity (Wildman–Crippen MR) is 82.5 cm³/mol. The molecule has 0 saturated carbocycles. The molecule has 0 aliphatic carbocycles. The lowest BCUT2D eigenvalue weighted by Gasteiger charge is -2.09. The maximum Gasteiger partial charge on any atom is 0.160 e. The van der Waals surface area contributed by atoms with Gasteiger partial charge < -0.3 is 0 Å². The highest BCUT2D eigenvalue weighted by atomic mass is 16.1. The summed E-state index contributed by atoms with van der Waals surface area (Å²) in [5.74, 6) is 0.652. The van der Waals surface area contributed by atoms with Crippen molar-refractivity contribution in [1.82, 2.24) is 4.98 Å². The standard InChI is InChI=1S/C17H16N2O/c1-12(13(2)19-17-10-6-7-11-18-17)15-8-4-5-9-16(15)14(3)20/h4-11H,1H2,2-3H3. The Bertz CT molecular complexity index is 672. The lowest BCUT2D eigenvalue weighted by molar-refractivity contribution is 0.101. The average Bonchev–Trinajstić information content (AvgIpc) is 2.47. The summed E-state index contributed by atoms with van der Waals surface area (Å²) in [4.78, 5) is 20.2. The van der Waals surface area contributed by atoms with Crippen molar-refractivity contribution in [3.8, 4) is 0 Å². The first-order valence-corrected chi connectivity index (χ1v) is 6.35. The van der Waals surface area contributed by atoms with E-state index in [1.54, 1.807) is 19.2 Å². The maximum absolute atomic E-state index is 11.7. The van der Waals surface area contributed by atoms with Crippen LogP contribution in [0, 0.1) is 0 Å². The van der Waals surface area contributed by atoms with Crippen LogP contribution < -0.4 is 0 Å². The molecular weight excluding hydrogens is 248 g/mol. The van der Waals surface area contributed by atoms with Gasteiger partial charge >= 0.3 is 0 Å². The third kappa shape index (κ3) is 3.06. The molecule has 3 heteroatoms. The highest BCUT2D eigenvalue weighted by molar-refractivity contribution is 6.24. The van der Waals surface area contributed by atoms with Crippen molar-refractivity contribution in [2.24, 2.45) is 4.99 Å². The van der Waals surface area contributed by atoms with Gasteiger partial charge in [-0.15, -0.1) is 0 Å². The van der Waals surface area contributed by atoms with Gasteiger partial charge in [-0.25, -0.2) is 9.98 Å². The topological polar surface area (TPSA) is 42.3 Å². The summed E-state index contributed by atoms with van der Waals surface area (Å²) in [6, 6.07) is 13.0. The molecule has 0 bridgehead atoms. The van der Waals surface area contributed by atoms with Gasteiger partial charge in [0.05, 0.1) is 0 Å². The summed E-state index contributed by atoms with van der Waals surface area (Å²) in [7, 11) is 0. The number of carbonyl (C=O) groups excluding carboxylic acids is 1. The Morgan fingerprint density at radius 3 is 2.30 bits per heavy atom. The SMILES string of the molecule is C=C(C(C)=Nc1ccccn1)c1ccccc1C(C)=O. The van der Waals surface area contributed by atoms with E-state index in [0.29, 0.717) is 11.4 Å². The summed E-state index contributed by atoms with van der Waals surface area (Å²) in [5.41, 5.74) is 2.96. The van der Waals surface area contributed by atoms with Gasteiger partial charge in [0.2, 0.25) is 0 Å². The fourth-order valence-corrected chi connectivity index (χ4v) is 1.91. The number of carbonyl (C=O) groups is 1. The second kappa shape index (κ2) is 6.06. The van der Waals surface area contributed by atoms with Gasteiger partial charge in [-0.2, -0.15) is 0 Å². The number of aromatic nitrogens is 1. The van der Waals surface area contributed by atoms with Crippen molar-refractivity contribution in [3.63, 3.8) is 0 Å². The van der Waals surface area contributed by atoms with Crippen LogP contribution in [0.2, 0.25) is 0 Å². The van der Waals surface area contributed by atoms with Crippen LogP contribution in [0.1, 0.15) is 29.8 Å². The van der Waals surface area contributed by atoms with E-state index in [4.69, 9.17) is 0 Å². The Morgan fingerprint density at radius 2 is 1.70 bits per heavy atom. The molecule has 1 aromatic heterocycles. The molecule has 0 aliphatic heterocycles. The second-order valence-electron chi connectivity index (χ2n) is 4.47. The van der Waals surface area contributed by atoms with Crippen LogP contribution in [-0.4, -0.2) is 16.5 Å². The van der Waals surface area contributed by atoms with Gasteiger partial charge in [0.25, 0.3) is 0 Å². The summed E-state index contributed by atoms with van der Waals surface area (Å²) in [6.45, 7) is 7.48. The number of benzene rings is 1. The van der Waals surface area contributed by atoms with E-state index in [1.807, 2.05) is 43.3 Å². The first kappa shape index (κ1) is 13.9. The Balaban J connectivity index is 2.37. The molecular formula is C17H16N2O. The highest BCUT2D eigenvalue weighted by Crippen LogP contribution is 2.21. The van der Waals surface area contributed by atoms with E-state index in [-0.39, 0.29) is 5.78 Å². The number of pyridine rings is 1. The molecule has 0 spiro atoms. The number of allylic oxidation sites excluding steroid dienone is 1. The third-order valence-electron chi connectivity index (χ3n) is 3.00. The molecule has 20 heavy (non-hydrogen) atoms. The van der Waals surface area contributed by atoms with E-state index in [9.17, 15) is 4.79 Å². The summed E-state index contributed by atoms with van der Waals surface area (Å²) in [6.07, 6.45) is 1.69. The molecule has 0 atom stereocenters. The van der Waals surface area contributed by atoms with Crippen molar-refractivity contribution < 1.29 is 4.79 Å². The summed E-state index contributed by atoms with van der Waals surface area (Å²) in [5, 5.41) is 0. The Kier molecular flexibility index (Phi) is 4.20. The zero-order valence-corrected chi connectivity index (χ0v) is 11.6. The summed E-state index contributed by atoms with van der Waals surface area (Å²) < 4.78 is 0. The Hall–Kier alpha value is -2.55. The van der Waals surface area contributed by atoms with Crippen LogP contribution in [0.15, 0.2) is 60.2 Å². The number of hydrogen-bond acceptors (Lipinski definition) is 3. The lowest BCUT2D eigenvalue weighted by atomic mass is 9.96. The van der Waals surface area contributed by atoms with Crippen molar-refractivity contribution >= 4 is 22.9 Å². The first-order valence-electron chi connectivity index (χ1n) is 6.35. The Labute approximate surface area is 118 Å². The molecule has 0 N–H and O–H groups in total. The van der Waals surface area contributed by atoms with Gasteiger partial charge in [-0.1, -0.05) is 36.9 Å². The number of hydrogen-bond donors (Lipinski definition) is 0. The fourth-order valence-electron chi connectivity index (χ4n) is 1.91. The number of nitrogens with zero attached hydrogens (tertiary/aromatic N) is 2. The van der Waals surface area contributed by atoms with Crippen LogP contribution in [0.3, 0.4) is 0 Å². The molecule has 3 nitrogen and oxygen atoms in total. The quantitative estimate of drug-likeness (QED) is 0.616. The minimum absolute atomic E-state index is 0.0207. The van der Waals surface area contributed by atoms with Crippen molar-refractivity contribution in [3.05, 3.63) is 66.4 Å². The molecule has 0 radical (unpaired) electrons. The third-order valence-corrected chi connectivity index (χ3v) is 3.00. The number of rotatable bonds is 4. The zero-order chi connectivity index (χ0) is 14.5. The first-order chi connectivity index (χ1) is 9.59. The number of ketones is 1. The molecule has 2 aromatic rings. The molecule has 0 amide bonds. The van der Waals surface area contributed by atoms with Crippen molar-refractivity contribution in [1.29, 1.82) is 0 Å². The van der Waals surface area contributed by atoms with E-state index >= 15 is 0 Å². The van der Waals surface area contributed by atoms with Gasteiger partial charge in [0.1, 0.15) is 0 Å². The predicted octanol–water partition coefficient (Wildman–Crippen LogP) is 4.09. The molecule has 1 heterocycles. The van der Waals surface area contributed by atoms with E-state index in [0.717, 1.165) is 16.8 Å². The second-order valence-corrected chi connectivity index (χ2v) is 4.47. The molecule has 0 fully saturated rings. The van der Waals surface area contributed by atoms with Gasteiger partial charge in [-0.3, -0.25) is 4.79 Å². The number of aliphatic imine (C=N–C) groups is 1. The fraction of sp³-hybridized carbons (Fsp3) is 0.118. The van der Waals surface area contributed by atoms with Crippen LogP contribution in [0.5, 0.6) is 0 Å². The molecule has 0 saturated heterocycles. The molecule has 1 aromatic carbocycles. The van der Waals surface area contributed by atoms with Crippen LogP contribution >= 0.6 is 0 Å². The zero-order valence-electron chi connectivity index (χ0n) is 11.6. The largest absolute Gasteiger partial charge is 0.294 e. The molecule has 2 rings (SSSR count). The lowest BCUT2D eigenvalue weighted by Crippen LogP contribution is -2.03. The van der Waals surface area contributed by atoms with Crippen LogP contribution in [0.25, 0.3) is 5.57 Å². The smallest absolute Gasteiger partial charge is 0.160 e.